The Morgan fingerprint density at radius 3 is 2.04 bits per heavy atom. The lowest BCUT2D eigenvalue weighted by atomic mass is 9.83. The monoisotopic (exact) mass is 399 g/mol. The molecule has 0 saturated heterocycles. The van der Waals surface area contributed by atoms with Crippen LogP contribution in [0, 0.1) is 29.1 Å². The van der Waals surface area contributed by atoms with E-state index in [0.29, 0.717) is 12.8 Å². The van der Waals surface area contributed by atoms with E-state index in [2.05, 4.69) is 20.8 Å². The van der Waals surface area contributed by atoms with Gasteiger partial charge in [0.1, 0.15) is 0 Å². The molecule has 1 fully saturated rings. The number of aliphatic carboxylic acids is 1. The van der Waals surface area contributed by atoms with Crippen LogP contribution in [0.15, 0.2) is 12.2 Å². The Kier molecular flexibility index (Phi) is 6.89. The second kappa shape index (κ2) is 8.42. The number of fused-ring (bicyclic) bond motifs is 2. The molecule has 2 aliphatic carbocycles. The van der Waals surface area contributed by atoms with Gasteiger partial charge in [-0.25, -0.2) is 0 Å². The summed E-state index contributed by atoms with van der Waals surface area (Å²) in [4.78, 5) is 24.1. The highest BCUT2D eigenvalue weighted by atomic mass is 28.4. The van der Waals surface area contributed by atoms with Gasteiger partial charge in [-0.3, -0.25) is 4.79 Å². The van der Waals surface area contributed by atoms with Gasteiger partial charge in [-0.05, 0) is 30.1 Å². The Morgan fingerprint density at radius 1 is 1.07 bits per heavy atom. The van der Waals surface area contributed by atoms with E-state index in [9.17, 15) is 14.7 Å². The van der Waals surface area contributed by atoms with Gasteiger partial charge in [0, 0.05) is 38.8 Å². The van der Waals surface area contributed by atoms with E-state index < -0.39 is 32.6 Å². The molecule has 5 unspecified atom stereocenters. The molecule has 0 N–H and O–H groups in total. The molecule has 0 amide bonds. The van der Waals surface area contributed by atoms with Gasteiger partial charge in [-0.1, -0.05) is 32.9 Å². The summed E-state index contributed by atoms with van der Waals surface area (Å²) in [6, 6.07) is 0. The molecule has 0 aliphatic heterocycles. The molecule has 0 aromatic heterocycles. The third kappa shape index (κ3) is 4.28. The van der Waals surface area contributed by atoms with E-state index in [4.69, 9.17) is 18.0 Å². The normalized spacial score (nSPS) is 28.4. The fraction of sp³-hybridized carbons (Fsp3) is 0.789. The minimum Gasteiger partial charge on any atom is -0.550 e. The van der Waals surface area contributed by atoms with Crippen LogP contribution in [0.1, 0.15) is 33.6 Å². The topological polar surface area (TPSA) is 94.1 Å². The summed E-state index contributed by atoms with van der Waals surface area (Å²) >= 11 is 0. The fourth-order valence-corrected chi connectivity index (χ4v) is 7.54. The van der Waals surface area contributed by atoms with Gasteiger partial charge in [-0.2, -0.15) is 0 Å². The molecule has 0 aromatic carbocycles. The molecule has 27 heavy (non-hydrogen) atoms. The first-order valence-corrected chi connectivity index (χ1v) is 11.1. The van der Waals surface area contributed by atoms with Crippen LogP contribution in [0.4, 0.5) is 0 Å². The molecule has 0 spiro atoms. The number of ether oxygens (including phenoxy) is 1. The molecule has 8 heteroatoms. The van der Waals surface area contributed by atoms with Gasteiger partial charge in [0.15, 0.2) is 0 Å². The van der Waals surface area contributed by atoms with Crippen molar-refractivity contribution < 1.29 is 32.7 Å². The molecule has 0 radical (unpaired) electrons. The third-order valence-corrected chi connectivity index (χ3v) is 9.70. The summed E-state index contributed by atoms with van der Waals surface area (Å²) in [6.45, 7) is 6.34. The lowest BCUT2D eigenvalue weighted by Gasteiger charge is -2.40. The summed E-state index contributed by atoms with van der Waals surface area (Å²) in [5.74, 6) is -3.30. The number of rotatable bonds is 9. The van der Waals surface area contributed by atoms with Gasteiger partial charge < -0.3 is 27.9 Å². The number of carbonyl (C=O) groups excluding carboxylic acids is 2. The standard InChI is InChI=1S/C19H32O7Si/c1-19(2,3)14(27(23-4,24-5)25-6)9-10-26-18(22)16-13-8-7-12(11-13)15(16)17(20)21/h7-8,12-16H,9-11H2,1-6H3,(H,20,21)/p-1. The van der Waals surface area contributed by atoms with Crippen molar-refractivity contribution >= 4 is 20.7 Å². The molecule has 154 valence electrons. The zero-order chi connectivity index (χ0) is 20.4. The Balaban J connectivity index is 2.03. The van der Waals surface area contributed by atoms with Gasteiger partial charge in [0.2, 0.25) is 0 Å². The largest absolute Gasteiger partial charge is 0.550 e. The summed E-state index contributed by atoms with van der Waals surface area (Å²) in [5.41, 5.74) is -0.279. The average molecular weight is 400 g/mol. The van der Waals surface area contributed by atoms with Crippen molar-refractivity contribution in [2.75, 3.05) is 27.9 Å². The van der Waals surface area contributed by atoms with E-state index in [1.165, 1.54) is 0 Å². The summed E-state index contributed by atoms with van der Waals surface area (Å²) in [5, 5.41) is 11.5. The lowest BCUT2D eigenvalue weighted by Crippen LogP contribution is -2.52. The number of esters is 1. The number of allylic oxidation sites excluding steroid dienone is 2. The lowest BCUT2D eigenvalue weighted by molar-refractivity contribution is -0.314. The molecule has 2 bridgehead atoms. The average Bonchev–Trinajstić information content (AvgIpc) is 3.22. The van der Waals surface area contributed by atoms with Crippen molar-refractivity contribution in [3.8, 4) is 0 Å². The number of hydrogen-bond acceptors (Lipinski definition) is 7. The van der Waals surface area contributed by atoms with Crippen LogP contribution in [-0.4, -0.2) is 48.7 Å². The maximum absolute atomic E-state index is 12.6. The van der Waals surface area contributed by atoms with Gasteiger partial charge in [0.05, 0.1) is 12.5 Å². The third-order valence-electron chi connectivity index (χ3n) is 5.98. The molecule has 7 nitrogen and oxygen atoms in total. The van der Waals surface area contributed by atoms with E-state index in [1.807, 2.05) is 12.2 Å². The predicted octanol–water partition coefficient (Wildman–Crippen LogP) is 1.40. The van der Waals surface area contributed by atoms with Crippen LogP contribution in [0.3, 0.4) is 0 Å². The Bertz CT molecular complexity index is 571. The quantitative estimate of drug-likeness (QED) is 0.329. The Hall–Kier alpha value is -1.22. The Labute approximate surface area is 162 Å². The molecular weight excluding hydrogens is 368 g/mol. The zero-order valence-corrected chi connectivity index (χ0v) is 18.0. The first kappa shape index (κ1) is 22.1. The van der Waals surface area contributed by atoms with E-state index >= 15 is 0 Å². The maximum atomic E-state index is 12.6. The van der Waals surface area contributed by atoms with Crippen LogP contribution < -0.4 is 5.11 Å². The van der Waals surface area contributed by atoms with Crippen molar-refractivity contribution in [3.05, 3.63) is 12.2 Å². The van der Waals surface area contributed by atoms with Gasteiger partial charge in [0.25, 0.3) is 0 Å². The molecule has 2 aliphatic rings. The van der Waals surface area contributed by atoms with Crippen molar-refractivity contribution in [3.63, 3.8) is 0 Å². The van der Waals surface area contributed by atoms with E-state index in [-0.39, 0.29) is 29.4 Å². The van der Waals surface area contributed by atoms with Crippen molar-refractivity contribution in [2.45, 2.75) is 39.2 Å². The van der Waals surface area contributed by atoms with Crippen LogP contribution in [0.25, 0.3) is 0 Å². The van der Waals surface area contributed by atoms with Crippen LogP contribution in [0.2, 0.25) is 5.54 Å². The zero-order valence-electron chi connectivity index (χ0n) is 17.0. The second-order valence-electron chi connectivity index (χ2n) is 8.41. The predicted molar refractivity (Wildman–Crippen MR) is 98.3 cm³/mol. The number of hydrogen-bond donors (Lipinski definition) is 0. The molecule has 0 aromatic rings. The van der Waals surface area contributed by atoms with Gasteiger partial charge in [-0.15, -0.1) is 0 Å². The molecule has 5 atom stereocenters. The highest BCUT2D eigenvalue weighted by Gasteiger charge is 2.53. The highest BCUT2D eigenvalue weighted by Crippen LogP contribution is 2.48. The van der Waals surface area contributed by atoms with Crippen LogP contribution >= 0.6 is 0 Å². The molecular formula is C19H31O7Si-. The van der Waals surface area contributed by atoms with E-state index in [0.717, 1.165) is 0 Å². The second-order valence-corrected chi connectivity index (χ2v) is 11.5. The van der Waals surface area contributed by atoms with E-state index in [1.54, 1.807) is 21.3 Å². The van der Waals surface area contributed by atoms with Crippen molar-refractivity contribution in [1.82, 2.24) is 0 Å². The first-order chi connectivity index (χ1) is 12.6. The number of carboxylic acids is 1. The van der Waals surface area contributed by atoms with Crippen molar-refractivity contribution in [1.29, 1.82) is 0 Å². The maximum Gasteiger partial charge on any atom is 0.504 e. The van der Waals surface area contributed by atoms with Crippen LogP contribution in [0.5, 0.6) is 0 Å². The fourth-order valence-electron chi connectivity index (χ4n) is 4.66. The van der Waals surface area contributed by atoms with Gasteiger partial charge >= 0.3 is 14.8 Å². The minimum atomic E-state index is -2.94. The smallest absolute Gasteiger partial charge is 0.504 e. The molecule has 2 rings (SSSR count). The SMILES string of the molecule is CO[Si](OC)(OC)C(CCOC(=O)C1C2C=CC(C2)C1C(=O)[O-])C(C)(C)C. The summed E-state index contributed by atoms with van der Waals surface area (Å²) in [7, 11) is 1.76. The number of carbonyl (C=O) groups is 2. The summed E-state index contributed by atoms with van der Waals surface area (Å²) in [6.07, 6.45) is 4.98. The molecule has 0 heterocycles. The highest BCUT2D eigenvalue weighted by molar-refractivity contribution is 6.62. The van der Waals surface area contributed by atoms with Crippen LogP contribution in [-0.2, 0) is 27.6 Å². The first-order valence-electron chi connectivity index (χ1n) is 9.32. The minimum absolute atomic E-state index is 0.0748. The Morgan fingerprint density at radius 2 is 1.59 bits per heavy atom. The molecule has 1 saturated carbocycles. The number of carboxylic acid groups (broad SMARTS) is 1. The van der Waals surface area contributed by atoms with Crippen molar-refractivity contribution in [2.24, 2.45) is 29.1 Å². The summed E-state index contributed by atoms with van der Waals surface area (Å²) < 4.78 is 22.4.